The van der Waals surface area contributed by atoms with E-state index >= 15 is 0 Å². The van der Waals surface area contributed by atoms with E-state index in [1.165, 1.54) is 0 Å². The molecule has 0 fully saturated rings. The van der Waals surface area contributed by atoms with E-state index in [2.05, 4.69) is 45.8 Å². The van der Waals surface area contributed by atoms with Crippen LogP contribution in [0.25, 0.3) is 11.1 Å². The van der Waals surface area contributed by atoms with Gasteiger partial charge in [-0.2, -0.15) is 0 Å². The van der Waals surface area contributed by atoms with Crippen molar-refractivity contribution in [1.29, 1.82) is 0 Å². The number of hydrogen-bond acceptors (Lipinski definition) is 1. The van der Waals surface area contributed by atoms with Crippen molar-refractivity contribution >= 4 is 21.6 Å². The van der Waals surface area contributed by atoms with Crippen molar-refractivity contribution in [3.05, 3.63) is 41.1 Å². The van der Waals surface area contributed by atoms with E-state index < -0.39 is 0 Å². The smallest absolute Gasteiger partial charge is 0.0573 e. The lowest BCUT2D eigenvalue weighted by Crippen LogP contribution is -1.87. The zero-order chi connectivity index (χ0) is 10.8. The highest BCUT2D eigenvalue weighted by Gasteiger charge is 2.05. The molecule has 0 aliphatic carbocycles. The van der Waals surface area contributed by atoms with E-state index in [1.807, 2.05) is 18.3 Å². The van der Waals surface area contributed by atoms with Crippen LogP contribution in [0.4, 0.5) is 5.69 Å². The molecule has 15 heavy (non-hydrogen) atoms. The Hall–Kier alpha value is -1.22. The molecule has 3 heteroatoms. The Morgan fingerprint density at radius 3 is 2.40 bits per heavy atom. The number of aromatic nitrogens is 1. The van der Waals surface area contributed by atoms with Crippen molar-refractivity contribution < 1.29 is 0 Å². The van der Waals surface area contributed by atoms with E-state index in [-0.39, 0.29) is 0 Å². The molecule has 0 bridgehead atoms. The number of anilines is 1. The molecule has 0 spiro atoms. The van der Waals surface area contributed by atoms with Crippen LogP contribution >= 0.6 is 15.9 Å². The van der Waals surface area contributed by atoms with E-state index in [1.54, 1.807) is 0 Å². The summed E-state index contributed by atoms with van der Waals surface area (Å²) in [6.45, 7) is 3.05. The highest BCUT2D eigenvalue weighted by molar-refractivity contribution is 9.10. The molecular weight excluding hydrogens is 252 g/mol. The van der Waals surface area contributed by atoms with Crippen LogP contribution < -0.4 is 5.73 Å². The molecule has 2 rings (SSSR count). The summed E-state index contributed by atoms with van der Waals surface area (Å²) in [5.41, 5.74) is 9.04. The van der Waals surface area contributed by atoms with Gasteiger partial charge >= 0.3 is 0 Å². The number of nitrogens with zero attached hydrogens (tertiary/aromatic N) is 1. The molecule has 2 N–H and O–H groups in total. The van der Waals surface area contributed by atoms with Gasteiger partial charge in [-0.3, -0.25) is 0 Å². The van der Waals surface area contributed by atoms with Gasteiger partial charge in [0.1, 0.15) is 0 Å². The SMILES string of the molecule is CCn1cc(N)c(-c2ccc(Br)cc2)c1. The molecule has 0 atom stereocenters. The van der Waals surface area contributed by atoms with Gasteiger partial charge in [-0.05, 0) is 24.6 Å². The second kappa shape index (κ2) is 4.11. The van der Waals surface area contributed by atoms with Gasteiger partial charge in [0.15, 0.2) is 0 Å². The Kier molecular flexibility index (Phi) is 2.82. The summed E-state index contributed by atoms with van der Waals surface area (Å²) in [5, 5.41) is 0. The Labute approximate surface area is 97.8 Å². The number of nitrogen functional groups attached to an aromatic ring is 1. The third-order valence-corrected chi connectivity index (χ3v) is 2.96. The normalized spacial score (nSPS) is 10.5. The average Bonchev–Trinajstić information content (AvgIpc) is 2.61. The van der Waals surface area contributed by atoms with Crippen molar-refractivity contribution in [2.75, 3.05) is 5.73 Å². The zero-order valence-corrected chi connectivity index (χ0v) is 10.2. The first-order chi connectivity index (χ1) is 7.20. The summed E-state index contributed by atoms with van der Waals surface area (Å²) < 4.78 is 3.17. The number of halogens is 1. The summed E-state index contributed by atoms with van der Waals surface area (Å²) in [6, 6.07) is 8.18. The fraction of sp³-hybridized carbons (Fsp3) is 0.167. The summed E-state index contributed by atoms with van der Waals surface area (Å²) in [7, 11) is 0. The summed E-state index contributed by atoms with van der Waals surface area (Å²) in [4.78, 5) is 0. The van der Waals surface area contributed by atoms with Crippen LogP contribution in [-0.2, 0) is 6.54 Å². The number of rotatable bonds is 2. The molecule has 1 aromatic heterocycles. The maximum atomic E-state index is 5.95. The minimum absolute atomic E-state index is 0.833. The number of nitrogens with two attached hydrogens (primary N) is 1. The topological polar surface area (TPSA) is 30.9 Å². The Morgan fingerprint density at radius 1 is 1.20 bits per heavy atom. The van der Waals surface area contributed by atoms with Crippen molar-refractivity contribution in [2.45, 2.75) is 13.5 Å². The molecule has 0 aliphatic heterocycles. The van der Waals surface area contributed by atoms with Gasteiger partial charge in [-0.1, -0.05) is 28.1 Å². The van der Waals surface area contributed by atoms with Crippen LogP contribution in [0.3, 0.4) is 0 Å². The van der Waals surface area contributed by atoms with E-state index in [0.717, 1.165) is 27.8 Å². The maximum Gasteiger partial charge on any atom is 0.0573 e. The second-order valence-electron chi connectivity index (χ2n) is 3.46. The van der Waals surface area contributed by atoms with Crippen molar-refractivity contribution in [2.24, 2.45) is 0 Å². The minimum atomic E-state index is 0.833. The molecule has 78 valence electrons. The Balaban J connectivity index is 2.44. The standard InChI is InChI=1S/C12H13BrN2/c1-2-15-7-11(12(14)8-15)9-3-5-10(13)6-4-9/h3-8H,2,14H2,1H3. The monoisotopic (exact) mass is 264 g/mol. The summed E-state index contributed by atoms with van der Waals surface area (Å²) in [5.74, 6) is 0. The second-order valence-corrected chi connectivity index (χ2v) is 4.38. The first-order valence-electron chi connectivity index (χ1n) is 4.92. The lowest BCUT2D eigenvalue weighted by atomic mass is 10.1. The average molecular weight is 265 g/mol. The zero-order valence-electron chi connectivity index (χ0n) is 8.57. The lowest BCUT2D eigenvalue weighted by molar-refractivity contribution is 0.770. The first-order valence-corrected chi connectivity index (χ1v) is 5.71. The van der Waals surface area contributed by atoms with Crippen molar-refractivity contribution in [3.8, 4) is 11.1 Å². The maximum absolute atomic E-state index is 5.95. The molecule has 0 amide bonds. The highest BCUT2D eigenvalue weighted by Crippen LogP contribution is 2.27. The van der Waals surface area contributed by atoms with Crippen LogP contribution in [0.15, 0.2) is 41.1 Å². The molecule has 0 radical (unpaired) electrons. The molecule has 1 aromatic carbocycles. The number of aryl methyl sites for hydroxylation is 1. The van der Waals surface area contributed by atoms with Crippen LogP contribution in [0.2, 0.25) is 0 Å². The highest BCUT2D eigenvalue weighted by atomic mass is 79.9. The fourth-order valence-corrected chi connectivity index (χ4v) is 1.84. The van der Waals surface area contributed by atoms with E-state index in [9.17, 15) is 0 Å². The molecule has 0 saturated carbocycles. The largest absolute Gasteiger partial charge is 0.397 e. The van der Waals surface area contributed by atoms with Gasteiger partial charge in [-0.25, -0.2) is 0 Å². The molecule has 0 aliphatic rings. The van der Waals surface area contributed by atoms with Gasteiger partial charge in [-0.15, -0.1) is 0 Å². The van der Waals surface area contributed by atoms with Crippen LogP contribution in [0.5, 0.6) is 0 Å². The van der Waals surface area contributed by atoms with Gasteiger partial charge in [0, 0.05) is 29.0 Å². The van der Waals surface area contributed by atoms with Crippen LogP contribution in [0.1, 0.15) is 6.92 Å². The van der Waals surface area contributed by atoms with Crippen molar-refractivity contribution in [1.82, 2.24) is 4.57 Å². The van der Waals surface area contributed by atoms with Gasteiger partial charge < -0.3 is 10.3 Å². The summed E-state index contributed by atoms with van der Waals surface area (Å²) in [6.07, 6.45) is 4.05. The molecule has 1 heterocycles. The van der Waals surface area contributed by atoms with Gasteiger partial charge in [0.25, 0.3) is 0 Å². The van der Waals surface area contributed by atoms with Crippen LogP contribution in [0, 0.1) is 0 Å². The molecule has 0 unspecified atom stereocenters. The predicted molar refractivity (Wildman–Crippen MR) is 67.7 cm³/mol. The molecule has 2 aromatic rings. The van der Waals surface area contributed by atoms with E-state index in [0.29, 0.717) is 0 Å². The minimum Gasteiger partial charge on any atom is -0.397 e. The first kappa shape index (κ1) is 10.3. The molecular formula is C12H13BrN2. The van der Waals surface area contributed by atoms with E-state index in [4.69, 9.17) is 5.73 Å². The third-order valence-electron chi connectivity index (χ3n) is 2.43. The predicted octanol–water partition coefficient (Wildman–Crippen LogP) is 3.52. The van der Waals surface area contributed by atoms with Gasteiger partial charge in [0.05, 0.1) is 5.69 Å². The number of hydrogen-bond donors (Lipinski definition) is 1. The van der Waals surface area contributed by atoms with Crippen molar-refractivity contribution in [3.63, 3.8) is 0 Å². The lowest BCUT2D eigenvalue weighted by Gasteiger charge is -1.99. The third kappa shape index (κ3) is 2.07. The summed E-state index contributed by atoms with van der Waals surface area (Å²) >= 11 is 3.42. The molecule has 2 nitrogen and oxygen atoms in total. The Morgan fingerprint density at radius 2 is 1.87 bits per heavy atom. The quantitative estimate of drug-likeness (QED) is 0.884. The van der Waals surface area contributed by atoms with Gasteiger partial charge in [0.2, 0.25) is 0 Å². The Bertz CT molecular complexity index is 457. The fourth-order valence-electron chi connectivity index (χ4n) is 1.58. The molecule has 0 saturated heterocycles. The number of benzene rings is 1. The van der Waals surface area contributed by atoms with Crippen LogP contribution in [-0.4, -0.2) is 4.57 Å².